The predicted octanol–water partition coefficient (Wildman–Crippen LogP) is 2.18. The fraction of sp³-hybridized carbons (Fsp3) is 0.400. The van der Waals surface area contributed by atoms with Crippen molar-refractivity contribution in [2.45, 2.75) is 45.2 Å². The van der Waals surface area contributed by atoms with E-state index in [2.05, 4.69) is 0 Å². The van der Waals surface area contributed by atoms with Crippen molar-refractivity contribution in [3.8, 4) is 28.4 Å². The Balaban J connectivity index is 1.57. The van der Waals surface area contributed by atoms with Crippen molar-refractivity contribution < 1.29 is 58.1 Å². The maximum Gasteiger partial charge on any atom is 0.339 e. The van der Waals surface area contributed by atoms with E-state index in [1.54, 1.807) is 30.3 Å². The molecule has 12 heteroatoms. The molecule has 4 atom stereocenters. The van der Waals surface area contributed by atoms with Gasteiger partial charge in [0.05, 0.1) is 44.0 Å². The number of aliphatic hydroxyl groups is 3. The molecule has 3 N–H and O–H groups in total. The minimum Gasteiger partial charge on any atom is -0.460 e. The van der Waals surface area contributed by atoms with Gasteiger partial charge in [-0.25, -0.2) is 4.79 Å². The molecule has 0 spiro atoms. The number of carbonyl (C=O) groups is 2. The van der Waals surface area contributed by atoms with Crippen LogP contribution >= 0.6 is 0 Å². The van der Waals surface area contributed by atoms with Gasteiger partial charge in [-0.1, -0.05) is 6.07 Å². The van der Waals surface area contributed by atoms with E-state index in [9.17, 15) is 24.9 Å². The number of fused-ring (bicyclic) bond motifs is 3. The maximum absolute atomic E-state index is 13.3. The molecule has 3 heterocycles. The highest BCUT2D eigenvalue weighted by Gasteiger charge is 2.45. The van der Waals surface area contributed by atoms with E-state index in [-0.39, 0.29) is 51.1 Å². The summed E-state index contributed by atoms with van der Waals surface area (Å²) in [5, 5.41) is 31.4. The number of benzene rings is 3. The Labute approximate surface area is 240 Å². The number of carbonyl (C=O) groups excluding carboxylic acids is 2. The molecule has 42 heavy (non-hydrogen) atoms. The van der Waals surface area contributed by atoms with Gasteiger partial charge < -0.3 is 48.5 Å². The Bertz CT molecular complexity index is 1550. The Kier molecular flexibility index (Phi) is 7.64. The monoisotopic (exact) mass is 582 g/mol. The van der Waals surface area contributed by atoms with Gasteiger partial charge in [0.25, 0.3) is 0 Å². The van der Waals surface area contributed by atoms with Crippen LogP contribution in [0.1, 0.15) is 34.0 Å². The maximum atomic E-state index is 13.3. The first kappa shape index (κ1) is 28.2. The van der Waals surface area contributed by atoms with Crippen LogP contribution in [0, 0.1) is 5.92 Å². The predicted molar refractivity (Wildman–Crippen MR) is 144 cm³/mol. The molecule has 3 aliphatic heterocycles. The molecule has 12 nitrogen and oxygen atoms in total. The summed E-state index contributed by atoms with van der Waals surface area (Å²) in [6, 6.07) is 8.68. The second-order valence-corrected chi connectivity index (χ2v) is 10.2. The summed E-state index contributed by atoms with van der Waals surface area (Å²) < 4.78 is 39.9. The Morgan fingerprint density at radius 3 is 2.40 bits per heavy atom. The van der Waals surface area contributed by atoms with Crippen molar-refractivity contribution in [2.75, 3.05) is 27.1 Å². The normalized spacial score (nSPS) is 22.6. The van der Waals surface area contributed by atoms with Crippen molar-refractivity contribution in [2.24, 2.45) is 5.92 Å². The molecule has 3 aromatic carbocycles. The summed E-state index contributed by atoms with van der Waals surface area (Å²) in [6.45, 7) is 0.165. The molecule has 3 aliphatic rings. The van der Waals surface area contributed by atoms with Crippen LogP contribution in [0.5, 0.6) is 17.2 Å². The largest absolute Gasteiger partial charge is 0.460 e. The summed E-state index contributed by atoms with van der Waals surface area (Å²) in [5.41, 5.74) is 2.76. The number of ether oxygens (including phenoxy) is 7. The van der Waals surface area contributed by atoms with Gasteiger partial charge >= 0.3 is 11.9 Å². The van der Waals surface area contributed by atoms with Gasteiger partial charge in [0.1, 0.15) is 12.4 Å². The molecule has 6 rings (SSSR count). The highest BCUT2D eigenvalue weighted by molar-refractivity contribution is 6.13. The third-order valence-electron chi connectivity index (χ3n) is 7.88. The second kappa shape index (κ2) is 11.4. The van der Waals surface area contributed by atoms with Crippen molar-refractivity contribution >= 4 is 22.7 Å². The van der Waals surface area contributed by atoms with E-state index in [1.807, 2.05) is 0 Å². The zero-order chi connectivity index (χ0) is 29.5. The number of esters is 2. The Morgan fingerprint density at radius 1 is 0.976 bits per heavy atom. The van der Waals surface area contributed by atoms with E-state index in [4.69, 9.17) is 33.2 Å². The zero-order valence-electron chi connectivity index (χ0n) is 23.0. The van der Waals surface area contributed by atoms with Crippen molar-refractivity contribution in [3.63, 3.8) is 0 Å². The quantitative estimate of drug-likeness (QED) is 0.333. The molecule has 0 aromatic heterocycles. The molecule has 0 saturated carbocycles. The van der Waals surface area contributed by atoms with Crippen LogP contribution < -0.4 is 14.2 Å². The van der Waals surface area contributed by atoms with Crippen LogP contribution in [0.4, 0.5) is 0 Å². The van der Waals surface area contributed by atoms with Crippen LogP contribution in [0.15, 0.2) is 30.3 Å². The first-order chi connectivity index (χ1) is 20.4. The number of methoxy groups -OCH3 is 1. The summed E-state index contributed by atoms with van der Waals surface area (Å²) >= 11 is 0. The molecule has 4 unspecified atom stereocenters. The molecule has 0 amide bonds. The minimum absolute atomic E-state index is 0.0472. The fourth-order valence-electron chi connectivity index (χ4n) is 5.84. The summed E-state index contributed by atoms with van der Waals surface area (Å²) in [4.78, 5) is 25.3. The highest BCUT2D eigenvalue weighted by Crippen LogP contribution is 2.48. The number of cyclic esters (lactones) is 1. The van der Waals surface area contributed by atoms with Crippen LogP contribution in [-0.4, -0.2) is 72.9 Å². The van der Waals surface area contributed by atoms with E-state index in [0.29, 0.717) is 50.1 Å². The van der Waals surface area contributed by atoms with E-state index in [1.165, 1.54) is 14.0 Å². The molecule has 3 aromatic rings. The topological polar surface area (TPSA) is 159 Å². The van der Waals surface area contributed by atoms with Crippen molar-refractivity contribution in [3.05, 3.63) is 52.6 Å². The smallest absolute Gasteiger partial charge is 0.339 e. The van der Waals surface area contributed by atoms with Crippen LogP contribution in [0.2, 0.25) is 0 Å². The summed E-state index contributed by atoms with van der Waals surface area (Å²) in [7, 11) is 1.47. The molecular formula is C30H30O12. The van der Waals surface area contributed by atoms with Crippen LogP contribution in [0.25, 0.3) is 21.9 Å². The molecule has 0 aliphatic carbocycles. The first-order valence-corrected chi connectivity index (χ1v) is 13.4. The fourth-order valence-corrected chi connectivity index (χ4v) is 5.84. The van der Waals surface area contributed by atoms with E-state index >= 15 is 0 Å². The third-order valence-corrected chi connectivity index (χ3v) is 7.88. The third kappa shape index (κ3) is 4.71. The van der Waals surface area contributed by atoms with Gasteiger partial charge in [0, 0.05) is 30.5 Å². The summed E-state index contributed by atoms with van der Waals surface area (Å²) in [5.74, 6) is -0.525. The first-order valence-electron chi connectivity index (χ1n) is 13.4. The number of hydrogen-bond acceptors (Lipinski definition) is 12. The standard InChI is InChI=1S/C30H30O12/c1-14(34)41-28-20(10-33)24(36-2)12-38-30(28)42-27-19-6-17(9-32)16(8-31)5-18(19)25(26-21(27)11-37-29(26)35)15-3-4-22-23(7-15)40-13-39-22/h3-7,20,24,28,30-33H,8-13H2,1-2H3. The number of rotatable bonds is 8. The lowest BCUT2D eigenvalue weighted by molar-refractivity contribution is -0.243. The molecule has 0 radical (unpaired) electrons. The summed E-state index contributed by atoms with van der Waals surface area (Å²) in [6.07, 6.45) is -2.78. The average Bonchev–Trinajstić information content (AvgIpc) is 3.62. The number of hydrogen-bond donors (Lipinski definition) is 3. The molecular weight excluding hydrogens is 552 g/mol. The van der Waals surface area contributed by atoms with Crippen molar-refractivity contribution in [1.29, 1.82) is 0 Å². The van der Waals surface area contributed by atoms with Crippen LogP contribution in [-0.2, 0) is 43.6 Å². The lowest BCUT2D eigenvalue weighted by Gasteiger charge is -2.40. The van der Waals surface area contributed by atoms with E-state index < -0.39 is 36.4 Å². The van der Waals surface area contributed by atoms with E-state index in [0.717, 1.165) is 0 Å². The Morgan fingerprint density at radius 2 is 1.71 bits per heavy atom. The SMILES string of the molecule is COC1COC(Oc2c3c(c(-c4ccc5c(c4)OCO5)c4cc(CO)c(CO)cc24)C(=O)OC3)C(OC(C)=O)C1CO. The van der Waals surface area contributed by atoms with Gasteiger partial charge in [-0.15, -0.1) is 0 Å². The van der Waals surface area contributed by atoms with Gasteiger partial charge in [-0.05, 0) is 46.3 Å². The molecule has 0 bridgehead atoms. The highest BCUT2D eigenvalue weighted by atomic mass is 16.7. The van der Waals surface area contributed by atoms with Gasteiger partial charge in [-0.2, -0.15) is 0 Å². The van der Waals surface area contributed by atoms with Gasteiger partial charge in [-0.3, -0.25) is 4.79 Å². The Hall–Kier alpha value is -3.94. The average molecular weight is 583 g/mol. The minimum atomic E-state index is -1.17. The zero-order valence-corrected chi connectivity index (χ0v) is 23.0. The lowest BCUT2D eigenvalue weighted by atomic mass is 9.87. The molecule has 222 valence electrons. The second-order valence-electron chi connectivity index (χ2n) is 10.2. The van der Waals surface area contributed by atoms with Crippen molar-refractivity contribution in [1.82, 2.24) is 0 Å². The van der Waals surface area contributed by atoms with Gasteiger partial charge in [0.15, 0.2) is 17.6 Å². The van der Waals surface area contributed by atoms with Gasteiger partial charge in [0.2, 0.25) is 13.1 Å². The number of aliphatic hydroxyl groups excluding tert-OH is 3. The lowest BCUT2D eigenvalue weighted by Crippen LogP contribution is -2.55. The molecule has 1 saturated heterocycles. The van der Waals surface area contributed by atoms with Crippen LogP contribution in [0.3, 0.4) is 0 Å². The molecule has 1 fully saturated rings.